The van der Waals surface area contributed by atoms with Crippen LogP contribution in [0.3, 0.4) is 0 Å². The van der Waals surface area contributed by atoms with Gasteiger partial charge in [-0.2, -0.15) is 0 Å². The second kappa shape index (κ2) is 5.86. The number of likely N-dealkylation sites (tertiary alicyclic amines) is 1. The summed E-state index contributed by atoms with van der Waals surface area (Å²) >= 11 is 3.09. The van der Waals surface area contributed by atoms with E-state index >= 15 is 0 Å². The number of carbonyl (C=O) groups is 1. The van der Waals surface area contributed by atoms with E-state index in [0.717, 1.165) is 32.0 Å². The normalized spacial score (nSPS) is 16.5. The van der Waals surface area contributed by atoms with Gasteiger partial charge in [-0.05, 0) is 41.8 Å². The highest BCUT2D eigenvalue weighted by molar-refractivity contribution is 9.10. The monoisotopic (exact) mass is 332 g/mol. The smallest absolute Gasteiger partial charge is 0.244 e. The lowest BCUT2D eigenvalue weighted by molar-refractivity contribution is -0.130. The van der Waals surface area contributed by atoms with Crippen LogP contribution >= 0.6 is 15.9 Å². The number of carbonyl (C=O) groups excluding carboxylic acids is 1. The van der Waals surface area contributed by atoms with Gasteiger partial charge in [0.1, 0.15) is 17.7 Å². The van der Waals surface area contributed by atoms with Crippen molar-refractivity contribution in [2.75, 3.05) is 18.4 Å². The molecule has 1 N–H and O–H groups in total. The largest absolute Gasteiger partial charge is 0.371 e. The van der Waals surface area contributed by atoms with Crippen molar-refractivity contribution in [3.63, 3.8) is 0 Å². The molecule has 2 rings (SSSR count). The average Bonchev–Trinajstić information content (AvgIpc) is 2.86. The Labute approximate surface area is 119 Å². The van der Waals surface area contributed by atoms with Crippen LogP contribution < -0.4 is 5.32 Å². The van der Waals surface area contributed by atoms with E-state index in [2.05, 4.69) is 21.2 Å². The number of hydrogen-bond donors (Lipinski definition) is 1. The van der Waals surface area contributed by atoms with E-state index in [1.807, 2.05) is 0 Å². The van der Waals surface area contributed by atoms with Gasteiger partial charge in [-0.25, -0.2) is 8.78 Å². The van der Waals surface area contributed by atoms with Crippen molar-refractivity contribution in [2.45, 2.75) is 25.8 Å². The number of rotatable bonds is 3. The van der Waals surface area contributed by atoms with Crippen LogP contribution in [0, 0.1) is 11.6 Å². The second-order valence-corrected chi connectivity index (χ2v) is 5.50. The molecular weight excluding hydrogens is 318 g/mol. The summed E-state index contributed by atoms with van der Waals surface area (Å²) in [5, 5.41) is 2.80. The maximum Gasteiger partial charge on any atom is 0.244 e. The Morgan fingerprint density at radius 3 is 2.58 bits per heavy atom. The van der Waals surface area contributed by atoms with Gasteiger partial charge in [0.15, 0.2) is 0 Å². The van der Waals surface area contributed by atoms with Crippen molar-refractivity contribution in [3.05, 3.63) is 28.2 Å². The third kappa shape index (κ3) is 3.23. The van der Waals surface area contributed by atoms with Crippen LogP contribution in [0.4, 0.5) is 14.5 Å². The molecule has 1 heterocycles. The molecule has 19 heavy (non-hydrogen) atoms. The Morgan fingerprint density at radius 1 is 1.37 bits per heavy atom. The van der Waals surface area contributed by atoms with Gasteiger partial charge in [0.05, 0.1) is 5.69 Å². The first-order valence-electron chi connectivity index (χ1n) is 6.19. The predicted octanol–water partition coefficient (Wildman–Crippen LogP) is 3.15. The molecule has 0 aliphatic carbocycles. The molecule has 1 aliphatic heterocycles. The summed E-state index contributed by atoms with van der Waals surface area (Å²) in [5.41, 5.74) is 0.112. The lowest BCUT2D eigenvalue weighted by Gasteiger charge is -2.22. The van der Waals surface area contributed by atoms with Gasteiger partial charge in [0.25, 0.3) is 0 Å². The number of anilines is 1. The maximum absolute atomic E-state index is 13.7. The highest BCUT2D eigenvalue weighted by Crippen LogP contribution is 2.27. The van der Waals surface area contributed by atoms with E-state index < -0.39 is 17.7 Å². The molecule has 1 fully saturated rings. The number of nitrogens with zero attached hydrogens (tertiary/aromatic N) is 1. The third-order valence-corrected chi connectivity index (χ3v) is 3.78. The molecule has 6 heteroatoms. The number of halogens is 3. The summed E-state index contributed by atoms with van der Waals surface area (Å²) in [6, 6.07) is 1.41. The standard InChI is InChI=1S/C13H15BrF2N2O/c1-8(13(19)18-4-2-3-5-18)17-12-10(14)6-9(15)7-11(12)16/h6-8,17H,2-5H2,1H3. The van der Waals surface area contributed by atoms with Crippen LogP contribution in [0.25, 0.3) is 0 Å². The zero-order valence-electron chi connectivity index (χ0n) is 10.5. The summed E-state index contributed by atoms with van der Waals surface area (Å²) in [6.07, 6.45) is 2.01. The first-order valence-corrected chi connectivity index (χ1v) is 6.98. The van der Waals surface area contributed by atoms with Crippen LogP contribution in [-0.2, 0) is 4.79 Å². The summed E-state index contributed by atoms with van der Waals surface area (Å²) in [4.78, 5) is 13.8. The molecule has 0 aromatic heterocycles. The van der Waals surface area contributed by atoms with Crippen molar-refractivity contribution in [1.82, 2.24) is 4.90 Å². The third-order valence-electron chi connectivity index (χ3n) is 3.16. The molecule has 0 bridgehead atoms. The molecule has 1 aliphatic rings. The van der Waals surface area contributed by atoms with Crippen molar-refractivity contribution >= 4 is 27.5 Å². The van der Waals surface area contributed by atoms with Crippen LogP contribution in [0.15, 0.2) is 16.6 Å². The molecule has 1 aromatic rings. The lowest BCUT2D eigenvalue weighted by Crippen LogP contribution is -2.39. The SMILES string of the molecule is CC(Nc1c(F)cc(F)cc1Br)C(=O)N1CCCC1. The predicted molar refractivity (Wildman–Crippen MR) is 73.0 cm³/mol. The van der Waals surface area contributed by atoms with E-state index in [-0.39, 0.29) is 16.1 Å². The van der Waals surface area contributed by atoms with Gasteiger partial charge in [-0.1, -0.05) is 0 Å². The van der Waals surface area contributed by atoms with E-state index in [1.54, 1.807) is 11.8 Å². The van der Waals surface area contributed by atoms with Crippen LogP contribution in [0.1, 0.15) is 19.8 Å². The Bertz CT molecular complexity index is 467. The quantitative estimate of drug-likeness (QED) is 0.922. The minimum atomic E-state index is -0.715. The van der Waals surface area contributed by atoms with Gasteiger partial charge in [0, 0.05) is 23.6 Å². The number of amides is 1. The summed E-state index contributed by atoms with van der Waals surface area (Å²) in [6.45, 7) is 3.17. The van der Waals surface area contributed by atoms with E-state index in [4.69, 9.17) is 0 Å². The van der Waals surface area contributed by atoms with Crippen molar-refractivity contribution in [1.29, 1.82) is 0 Å². The fourth-order valence-electron chi connectivity index (χ4n) is 2.17. The Balaban J connectivity index is 2.10. The molecule has 1 amide bonds. The van der Waals surface area contributed by atoms with Crippen molar-refractivity contribution < 1.29 is 13.6 Å². The van der Waals surface area contributed by atoms with Gasteiger partial charge >= 0.3 is 0 Å². The summed E-state index contributed by atoms with van der Waals surface area (Å²) in [7, 11) is 0. The summed E-state index contributed by atoms with van der Waals surface area (Å²) < 4.78 is 26.9. The number of benzene rings is 1. The topological polar surface area (TPSA) is 32.3 Å². The lowest BCUT2D eigenvalue weighted by atomic mass is 10.2. The molecule has 0 radical (unpaired) electrons. The highest BCUT2D eigenvalue weighted by atomic mass is 79.9. The first-order chi connectivity index (χ1) is 8.99. The van der Waals surface area contributed by atoms with E-state index in [0.29, 0.717) is 0 Å². The van der Waals surface area contributed by atoms with Gasteiger partial charge in [-0.3, -0.25) is 4.79 Å². The fourth-order valence-corrected chi connectivity index (χ4v) is 2.69. The molecule has 1 atom stereocenters. The maximum atomic E-state index is 13.7. The van der Waals surface area contributed by atoms with Gasteiger partial charge < -0.3 is 10.2 Å². The van der Waals surface area contributed by atoms with Crippen LogP contribution in [-0.4, -0.2) is 29.9 Å². The fraction of sp³-hybridized carbons (Fsp3) is 0.462. The minimum Gasteiger partial charge on any atom is -0.371 e. The van der Waals surface area contributed by atoms with Crippen molar-refractivity contribution in [3.8, 4) is 0 Å². The van der Waals surface area contributed by atoms with E-state index in [9.17, 15) is 13.6 Å². The molecule has 0 saturated carbocycles. The molecule has 1 unspecified atom stereocenters. The van der Waals surface area contributed by atoms with Crippen LogP contribution in [0.2, 0.25) is 0 Å². The zero-order valence-corrected chi connectivity index (χ0v) is 12.1. The van der Waals surface area contributed by atoms with Crippen molar-refractivity contribution in [2.24, 2.45) is 0 Å². The molecule has 3 nitrogen and oxygen atoms in total. The van der Waals surface area contributed by atoms with E-state index in [1.165, 1.54) is 6.07 Å². The average molecular weight is 333 g/mol. The van der Waals surface area contributed by atoms with Gasteiger partial charge in [-0.15, -0.1) is 0 Å². The zero-order chi connectivity index (χ0) is 14.0. The number of nitrogens with one attached hydrogen (secondary N) is 1. The first kappa shape index (κ1) is 14.2. The minimum absolute atomic E-state index is 0.0619. The molecule has 0 spiro atoms. The molecule has 1 saturated heterocycles. The second-order valence-electron chi connectivity index (χ2n) is 4.64. The van der Waals surface area contributed by atoms with Gasteiger partial charge in [0.2, 0.25) is 5.91 Å². The molecule has 104 valence electrons. The number of hydrogen-bond acceptors (Lipinski definition) is 2. The molecular formula is C13H15BrF2N2O. The molecule has 1 aromatic carbocycles. The summed E-state index contributed by atoms with van der Waals surface area (Å²) in [5.74, 6) is -1.44. The van der Waals surface area contributed by atoms with Crippen LogP contribution in [0.5, 0.6) is 0 Å². The highest BCUT2D eigenvalue weighted by Gasteiger charge is 2.24. The Kier molecular flexibility index (Phi) is 4.39. The Hall–Kier alpha value is -1.17. The Morgan fingerprint density at radius 2 is 2.00 bits per heavy atom.